The maximum absolute atomic E-state index is 11.8. The highest BCUT2D eigenvalue weighted by atomic mass is 32.2. The molecule has 0 aliphatic carbocycles. The molecule has 20 heavy (non-hydrogen) atoms. The van der Waals surface area contributed by atoms with Crippen molar-refractivity contribution in [1.82, 2.24) is 19.8 Å². The number of aliphatic carboxylic acids is 1. The van der Waals surface area contributed by atoms with Crippen LogP contribution in [0.1, 0.15) is 12.8 Å². The van der Waals surface area contributed by atoms with Gasteiger partial charge in [0.05, 0.1) is 19.2 Å². The summed E-state index contributed by atoms with van der Waals surface area (Å²) in [5, 5.41) is 14.7. The van der Waals surface area contributed by atoms with E-state index in [1.807, 2.05) is 0 Å². The van der Waals surface area contributed by atoms with Crippen molar-refractivity contribution in [3.05, 3.63) is 12.4 Å². The van der Waals surface area contributed by atoms with Gasteiger partial charge in [-0.15, -0.1) is 0 Å². The number of amides is 1. The molecule has 0 saturated carbocycles. The summed E-state index contributed by atoms with van der Waals surface area (Å²) in [5.41, 5.74) is 0. The van der Waals surface area contributed by atoms with Crippen LogP contribution in [0.5, 0.6) is 0 Å². The Morgan fingerprint density at radius 3 is 2.70 bits per heavy atom. The van der Waals surface area contributed by atoms with Gasteiger partial charge in [-0.25, -0.2) is 13.1 Å². The summed E-state index contributed by atoms with van der Waals surface area (Å²) in [7, 11) is -2.28. The monoisotopic (exact) mass is 304 g/mol. The standard InChI is InChI=1S/C10H16N4O5S/c1-11-9(15)2-4-13-20(18,19)8-6-12-14(7-8)5-3-10(16)17/h6-7,13H,2-5H2,1H3,(H,11,15)(H,16,17). The highest BCUT2D eigenvalue weighted by Crippen LogP contribution is 2.07. The minimum atomic E-state index is -3.74. The number of nitrogens with one attached hydrogen (secondary N) is 2. The molecule has 0 saturated heterocycles. The van der Waals surface area contributed by atoms with Gasteiger partial charge in [0, 0.05) is 26.2 Å². The molecule has 0 bridgehead atoms. The molecule has 1 amide bonds. The zero-order chi connectivity index (χ0) is 15.2. The van der Waals surface area contributed by atoms with Crippen molar-refractivity contribution in [1.29, 1.82) is 0 Å². The van der Waals surface area contributed by atoms with Crippen molar-refractivity contribution >= 4 is 21.9 Å². The smallest absolute Gasteiger partial charge is 0.305 e. The topological polar surface area (TPSA) is 130 Å². The van der Waals surface area contributed by atoms with Crippen molar-refractivity contribution in [2.75, 3.05) is 13.6 Å². The Balaban J connectivity index is 2.59. The largest absolute Gasteiger partial charge is 0.481 e. The minimum absolute atomic E-state index is 0.0255. The second kappa shape index (κ2) is 7.01. The third-order valence-corrected chi connectivity index (χ3v) is 3.81. The van der Waals surface area contributed by atoms with Gasteiger partial charge in [-0.3, -0.25) is 14.3 Å². The molecule has 1 aromatic heterocycles. The van der Waals surface area contributed by atoms with E-state index in [1.54, 1.807) is 0 Å². The van der Waals surface area contributed by atoms with E-state index < -0.39 is 16.0 Å². The Labute approximate surface area is 116 Å². The molecular formula is C10H16N4O5S. The number of rotatable bonds is 8. The number of aromatic nitrogens is 2. The molecule has 0 aromatic carbocycles. The molecule has 112 valence electrons. The van der Waals surface area contributed by atoms with Gasteiger partial charge in [-0.2, -0.15) is 5.10 Å². The summed E-state index contributed by atoms with van der Waals surface area (Å²) in [4.78, 5) is 21.3. The molecule has 0 spiro atoms. The summed E-state index contributed by atoms with van der Waals surface area (Å²) in [6.45, 7) is 0.0609. The second-order valence-corrected chi connectivity index (χ2v) is 5.67. The van der Waals surface area contributed by atoms with Gasteiger partial charge in [0.15, 0.2) is 0 Å². The average Bonchev–Trinajstić information content (AvgIpc) is 2.85. The molecule has 0 atom stereocenters. The molecule has 0 aliphatic rings. The van der Waals surface area contributed by atoms with Crippen LogP contribution in [0.3, 0.4) is 0 Å². The van der Waals surface area contributed by atoms with E-state index in [4.69, 9.17) is 5.11 Å². The van der Waals surface area contributed by atoms with Crippen LogP contribution < -0.4 is 10.0 Å². The quantitative estimate of drug-likeness (QED) is 0.551. The summed E-state index contributed by atoms with van der Waals surface area (Å²) in [6.07, 6.45) is 2.25. The van der Waals surface area contributed by atoms with Gasteiger partial charge >= 0.3 is 5.97 Å². The van der Waals surface area contributed by atoms with Crippen LogP contribution in [0, 0.1) is 0 Å². The number of carboxylic acids is 1. The first-order chi connectivity index (χ1) is 9.35. The Hall–Kier alpha value is -1.94. The summed E-state index contributed by atoms with van der Waals surface area (Å²) in [5.74, 6) is -1.27. The normalized spacial score (nSPS) is 11.2. The Morgan fingerprint density at radius 2 is 2.10 bits per heavy atom. The summed E-state index contributed by atoms with van der Waals surface area (Å²) < 4.78 is 27.2. The van der Waals surface area contributed by atoms with E-state index in [2.05, 4.69) is 15.1 Å². The maximum atomic E-state index is 11.8. The van der Waals surface area contributed by atoms with Gasteiger partial charge < -0.3 is 10.4 Å². The molecule has 9 nitrogen and oxygen atoms in total. The Bertz CT molecular complexity index is 580. The number of carbonyl (C=O) groups is 2. The first-order valence-electron chi connectivity index (χ1n) is 5.79. The van der Waals surface area contributed by atoms with Crippen molar-refractivity contribution in [2.45, 2.75) is 24.3 Å². The maximum Gasteiger partial charge on any atom is 0.305 e. The highest BCUT2D eigenvalue weighted by molar-refractivity contribution is 7.89. The van der Waals surface area contributed by atoms with Gasteiger partial charge in [-0.1, -0.05) is 0 Å². The number of hydrogen-bond donors (Lipinski definition) is 3. The third-order valence-electron chi connectivity index (χ3n) is 2.40. The molecule has 1 aromatic rings. The number of sulfonamides is 1. The predicted molar refractivity (Wildman–Crippen MR) is 68.4 cm³/mol. The van der Waals surface area contributed by atoms with Crippen molar-refractivity contribution in [2.24, 2.45) is 0 Å². The van der Waals surface area contributed by atoms with Gasteiger partial charge in [-0.05, 0) is 0 Å². The molecule has 0 aliphatic heterocycles. The second-order valence-electron chi connectivity index (χ2n) is 3.90. The van der Waals surface area contributed by atoms with Gasteiger partial charge in [0.25, 0.3) is 0 Å². The number of hydrogen-bond acceptors (Lipinski definition) is 5. The number of carbonyl (C=O) groups excluding carboxylic acids is 1. The SMILES string of the molecule is CNC(=O)CCNS(=O)(=O)c1cnn(CCC(=O)O)c1. The van der Waals surface area contributed by atoms with Gasteiger partial charge in [0.1, 0.15) is 4.90 Å². The van der Waals surface area contributed by atoms with Crippen LogP contribution in [0.15, 0.2) is 17.3 Å². The lowest BCUT2D eigenvalue weighted by atomic mass is 10.4. The summed E-state index contributed by atoms with van der Waals surface area (Å²) in [6, 6.07) is 0. The third kappa shape index (κ3) is 4.97. The molecule has 1 rings (SSSR count). The van der Waals surface area contributed by atoms with E-state index in [9.17, 15) is 18.0 Å². The van der Waals surface area contributed by atoms with E-state index in [1.165, 1.54) is 17.9 Å². The summed E-state index contributed by atoms with van der Waals surface area (Å²) >= 11 is 0. The number of aryl methyl sites for hydroxylation is 1. The van der Waals surface area contributed by atoms with E-state index in [0.717, 1.165) is 6.20 Å². The fraction of sp³-hybridized carbons (Fsp3) is 0.500. The first kappa shape index (κ1) is 16.1. The fourth-order valence-electron chi connectivity index (χ4n) is 1.32. The molecule has 3 N–H and O–H groups in total. The van der Waals surface area contributed by atoms with E-state index >= 15 is 0 Å². The Morgan fingerprint density at radius 1 is 1.40 bits per heavy atom. The fourth-order valence-corrected chi connectivity index (χ4v) is 2.31. The molecular weight excluding hydrogens is 288 g/mol. The van der Waals surface area contributed by atoms with E-state index in [0.29, 0.717) is 0 Å². The van der Waals surface area contributed by atoms with Crippen LogP contribution in [0.2, 0.25) is 0 Å². The Kier molecular flexibility index (Phi) is 5.65. The molecule has 0 radical (unpaired) electrons. The highest BCUT2D eigenvalue weighted by Gasteiger charge is 2.16. The zero-order valence-electron chi connectivity index (χ0n) is 10.9. The molecule has 10 heteroatoms. The first-order valence-corrected chi connectivity index (χ1v) is 7.28. The number of nitrogens with zero attached hydrogens (tertiary/aromatic N) is 2. The van der Waals surface area contributed by atoms with Crippen molar-refractivity contribution < 1.29 is 23.1 Å². The van der Waals surface area contributed by atoms with Crippen LogP contribution in [-0.2, 0) is 26.2 Å². The van der Waals surface area contributed by atoms with Crippen LogP contribution in [0.25, 0.3) is 0 Å². The molecule has 1 heterocycles. The molecule has 0 fully saturated rings. The lowest BCUT2D eigenvalue weighted by Crippen LogP contribution is -2.29. The van der Waals surface area contributed by atoms with Crippen LogP contribution in [0.4, 0.5) is 0 Å². The zero-order valence-corrected chi connectivity index (χ0v) is 11.7. The molecule has 0 unspecified atom stereocenters. The van der Waals surface area contributed by atoms with Gasteiger partial charge in [0.2, 0.25) is 15.9 Å². The van der Waals surface area contributed by atoms with Crippen LogP contribution in [-0.4, -0.2) is 48.8 Å². The lowest BCUT2D eigenvalue weighted by Gasteiger charge is -2.03. The van der Waals surface area contributed by atoms with E-state index in [-0.39, 0.29) is 36.7 Å². The number of carboxylic acid groups (broad SMARTS) is 1. The minimum Gasteiger partial charge on any atom is -0.481 e. The average molecular weight is 304 g/mol. The van der Waals surface area contributed by atoms with Crippen molar-refractivity contribution in [3.8, 4) is 0 Å². The van der Waals surface area contributed by atoms with Crippen molar-refractivity contribution in [3.63, 3.8) is 0 Å². The predicted octanol–water partition coefficient (Wildman–Crippen LogP) is -1.23. The lowest BCUT2D eigenvalue weighted by molar-refractivity contribution is -0.137. The van der Waals surface area contributed by atoms with Crippen LogP contribution >= 0.6 is 0 Å².